The van der Waals surface area contributed by atoms with Crippen LogP contribution in [0.15, 0.2) is 18.7 Å². The molecule has 0 saturated carbocycles. The molecular weight excluding hydrogens is 284 g/mol. The normalized spacial score (nSPS) is 13.4. The van der Waals surface area contributed by atoms with E-state index in [0.717, 1.165) is 29.7 Å². The maximum absolute atomic E-state index is 12.1. The fourth-order valence-corrected chi connectivity index (χ4v) is 2.51. The Bertz CT molecular complexity index is 598. The van der Waals surface area contributed by atoms with Gasteiger partial charge in [-0.05, 0) is 37.3 Å². The summed E-state index contributed by atoms with van der Waals surface area (Å²) in [5.41, 5.74) is 2.64. The summed E-state index contributed by atoms with van der Waals surface area (Å²) in [5.74, 6) is -0.205. The molecule has 1 N–H and O–H groups in total. The average molecular weight is 304 g/mol. The first-order chi connectivity index (χ1) is 10.5. The molecule has 1 aliphatic heterocycles. The van der Waals surface area contributed by atoms with Crippen LogP contribution in [0.4, 0.5) is 10.6 Å². The van der Waals surface area contributed by atoms with Crippen LogP contribution in [-0.4, -0.2) is 35.3 Å². The Labute approximate surface area is 129 Å². The second-order valence-corrected chi connectivity index (χ2v) is 5.23. The summed E-state index contributed by atoms with van der Waals surface area (Å²) in [7, 11) is 0. The van der Waals surface area contributed by atoms with Crippen LogP contribution in [0.2, 0.25) is 0 Å². The summed E-state index contributed by atoms with van der Waals surface area (Å²) >= 11 is 0. The second-order valence-electron chi connectivity index (χ2n) is 5.23. The van der Waals surface area contributed by atoms with Gasteiger partial charge in [0.05, 0.1) is 0 Å². The van der Waals surface area contributed by atoms with Crippen molar-refractivity contribution in [1.82, 2.24) is 4.98 Å². The molecule has 0 bridgehead atoms. The number of aliphatic carboxylic acids is 1. The van der Waals surface area contributed by atoms with Gasteiger partial charge >= 0.3 is 12.1 Å². The molecule has 1 amide bonds. The molecule has 0 saturated heterocycles. The Morgan fingerprint density at radius 3 is 3.00 bits per heavy atom. The zero-order valence-electron chi connectivity index (χ0n) is 12.7. The Balaban J connectivity index is 2.24. The van der Waals surface area contributed by atoms with Gasteiger partial charge in [-0.1, -0.05) is 18.7 Å². The standard InChI is InChI=1S/C16H20N2O4/c1-3-9-22-16(21)18-8-4-5-13-10-12(6-7-14(19)20)11(2)17-15(13)18/h3,10H,1,4-9H2,2H3,(H,19,20). The molecule has 2 heterocycles. The van der Waals surface area contributed by atoms with E-state index >= 15 is 0 Å². The van der Waals surface area contributed by atoms with Crippen LogP contribution in [0, 0.1) is 6.92 Å². The number of carbonyl (C=O) groups excluding carboxylic acids is 1. The largest absolute Gasteiger partial charge is 0.481 e. The highest BCUT2D eigenvalue weighted by atomic mass is 16.6. The van der Waals surface area contributed by atoms with Crippen LogP contribution in [-0.2, 0) is 22.4 Å². The predicted octanol–water partition coefficient (Wildman–Crippen LogP) is 2.48. The highest BCUT2D eigenvalue weighted by molar-refractivity contribution is 5.88. The van der Waals surface area contributed by atoms with Crippen molar-refractivity contribution >= 4 is 17.9 Å². The van der Waals surface area contributed by atoms with Gasteiger partial charge < -0.3 is 9.84 Å². The minimum atomic E-state index is -0.827. The van der Waals surface area contributed by atoms with E-state index in [2.05, 4.69) is 11.6 Å². The Morgan fingerprint density at radius 2 is 2.32 bits per heavy atom. The monoisotopic (exact) mass is 304 g/mol. The van der Waals surface area contributed by atoms with Crippen molar-refractivity contribution in [3.63, 3.8) is 0 Å². The lowest BCUT2D eigenvalue weighted by Crippen LogP contribution is -2.37. The highest BCUT2D eigenvalue weighted by Crippen LogP contribution is 2.28. The van der Waals surface area contributed by atoms with Crippen molar-refractivity contribution in [1.29, 1.82) is 0 Å². The van der Waals surface area contributed by atoms with Crippen LogP contribution < -0.4 is 4.90 Å². The van der Waals surface area contributed by atoms with Crippen molar-refractivity contribution in [2.24, 2.45) is 0 Å². The number of amides is 1. The Morgan fingerprint density at radius 1 is 1.55 bits per heavy atom. The van der Waals surface area contributed by atoms with Crippen LogP contribution in [0.5, 0.6) is 0 Å². The molecule has 1 aromatic heterocycles. The number of rotatable bonds is 5. The summed E-state index contributed by atoms with van der Waals surface area (Å²) < 4.78 is 5.09. The number of aromatic nitrogens is 1. The second kappa shape index (κ2) is 7.06. The summed E-state index contributed by atoms with van der Waals surface area (Å²) in [4.78, 5) is 28.8. The van der Waals surface area contributed by atoms with E-state index in [-0.39, 0.29) is 13.0 Å². The highest BCUT2D eigenvalue weighted by Gasteiger charge is 2.26. The number of carboxylic acids is 1. The van der Waals surface area contributed by atoms with E-state index in [1.807, 2.05) is 13.0 Å². The number of carbonyl (C=O) groups is 2. The summed E-state index contributed by atoms with van der Waals surface area (Å²) in [6, 6.07) is 1.97. The number of hydrogen-bond acceptors (Lipinski definition) is 4. The van der Waals surface area contributed by atoms with E-state index in [1.54, 1.807) is 0 Å². The third kappa shape index (κ3) is 3.63. The van der Waals surface area contributed by atoms with E-state index < -0.39 is 12.1 Å². The summed E-state index contributed by atoms with van der Waals surface area (Å²) in [5, 5.41) is 8.80. The molecule has 6 heteroatoms. The fraction of sp³-hybridized carbons (Fsp3) is 0.438. The molecule has 0 aromatic carbocycles. The minimum absolute atomic E-state index is 0.0758. The smallest absolute Gasteiger partial charge is 0.415 e. The van der Waals surface area contributed by atoms with Gasteiger partial charge in [-0.2, -0.15) is 0 Å². The van der Waals surface area contributed by atoms with Gasteiger partial charge in [-0.15, -0.1) is 0 Å². The van der Waals surface area contributed by atoms with Crippen molar-refractivity contribution in [3.05, 3.63) is 35.5 Å². The van der Waals surface area contributed by atoms with Crippen molar-refractivity contribution in [2.45, 2.75) is 32.6 Å². The van der Waals surface area contributed by atoms with Gasteiger partial charge in [-0.25, -0.2) is 9.78 Å². The van der Waals surface area contributed by atoms with Crippen molar-refractivity contribution in [2.75, 3.05) is 18.1 Å². The van der Waals surface area contributed by atoms with Gasteiger partial charge in [-0.3, -0.25) is 9.69 Å². The molecular formula is C16H20N2O4. The lowest BCUT2D eigenvalue weighted by molar-refractivity contribution is -0.136. The minimum Gasteiger partial charge on any atom is -0.481 e. The van der Waals surface area contributed by atoms with E-state index in [9.17, 15) is 9.59 Å². The third-order valence-corrected chi connectivity index (χ3v) is 3.61. The number of anilines is 1. The average Bonchev–Trinajstić information content (AvgIpc) is 2.49. The first kappa shape index (κ1) is 16.0. The molecule has 0 radical (unpaired) electrons. The van der Waals surface area contributed by atoms with Gasteiger partial charge in [0.15, 0.2) is 0 Å². The number of nitrogens with zero attached hydrogens (tertiary/aromatic N) is 2. The molecule has 22 heavy (non-hydrogen) atoms. The SMILES string of the molecule is C=CCOC(=O)N1CCCc2cc(CCC(=O)O)c(C)nc21. The number of hydrogen-bond donors (Lipinski definition) is 1. The maximum atomic E-state index is 12.1. The van der Waals surface area contributed by atoms with Crippen LogP contribution in [0.1, 0.15) is 29.7 Å². The molecule has 1 aliphatic rings. The number of pyridine rings is 1. The van der Waals surface area contributed by atoms with Crippen molar-refractivity contribution in [3.8, 4) is 0 Å². The van der Waals surface area contributed by atoms with Crippen molar-refractivity contribution < 1.29 is 19.4 Å². The quantitative estimate of drug-likeness (QED) is 0.845. The van der Waals surface area contributed by atoms with E-state index in [0.29, 0.717) is 18.8 Å². The van der Waals surface area contributed by atoms with Gasteiger partial charge in [0.2, 0.25) is 0 Å². The molecule has 0 atom stereocenters. The molecule has 0 spiro atoms. The Kier molecular flexibility index (Phi) is 5.14. The molecule has 2 rings (SSSR count). The molecule has 0 fully saturated rings. The van der Waals surface area contributed by atoms with Crippen LogP contribution >= 0.6 is 0 Å². The molecule has 118 valence electrons. The zero-order chi connectivity index (χ0) is 16.1. The van der Waals surface area contributed by atoms with Gasteiger partial charge in [0.25, 0.3) is 0 Å². The first-order valence-corrected chi connectivity index (χ1v) is 7.29. The van der Waals surface area contributed by atoms with Crippen LogP contribution in [0.3, 0.4) is 0 Å². The third-order valence-electron chi connectivity index (χ3n) is 3.61. The predicted molar refractivity (Wildman–Crippen MR) is 82.1 cm³/mol. The molecule has 0 unspecified atom stereocenters. The Hall–Kier alpha value is -2.37. The van der Waals surface area contributed by atoms with Gasteiger partial charge in [0.1, 0.15) is 12.4 Å². The number of carboxylic acid groups (broad SMARTS) is 1. The fourth-order valence-electron chi connectivity index (χ4n) is 2.51. The topological polar surface area (TPSA) is 79.7 Å². The zero-order valence-corrected chi connectivity index (χ0v) is 12.7. The van der Waals surface area contributed by atoms with Gasteiger partial charge in [0, 0.05) is 18.7 Å². The number of ether oxygens (including phenoxy) is 1. The maximum Gasteiger partial charge on any atom is 0.415 e. The summed E-state index contributed by atoms with van der Waals surface area (Å²) in [6.07, 6.45) is 3.28. The number of fused-ring (bicyclic) bond motifs is 1. The molecule has 1 aromatic rings. The summed E-state index contributed by atoms with van der Waals surface area (Å²) in [6.45, 7) is 6.10. The lowest BCUT2D eigenvalue weighted by atomic mass is 10.00. The first-order valence-electron chi connectivity index (χ1n) is 7.29. The number of aryl methyl sites for hydroxylation is 3. The van der Waals surface area contributed by atoms with Crippen LogP contribution in [0.25, 0.3) is 0 Å². The van der Waals surface area contributed by atoms with E-state index in [4.69, 9.17) is 9.84 Å². The van der Waals surface area contributed by atoms with E-state index in [1.165, 1.54) is 11.0 Å². The molecule has 0 aliphatic carbocycles. The lowest BCUT2D eigenvalue weighted by Gasteiger charge is -2.28. The molecule has 6 nitrogen and oxygen atoms in total.